The quantitative estimate of drug-likeness (QED) is 0.681. The van der Waals surface area contributed by atoms with Crippen molar-refractivity contribution in [2.45, 2.75) is 45.1 Å². The summed E-state index contributed by atoms with van der Waals surface area (Å²) in [5.41, 5.74) is 3.59. The number of rotatable bonds is 5. The molecule has 0 bridgehead atoms. The molecule has 1 aromatic carbocycles. The molecule has 1 aliphatic carbocycles. The highest BCUT2D eigenvalue weighted by Gasteiger charge is 2.21. The third kappa shape index (κ3) is 3.90. The molecule has 1 aromatic heterocycles. The number of nitrogens with one attached hydrogen (secondary N) is 3. The van der Waals surface area contributed by atoms with Crippen molar-refractivity contribution in [3.63, 3.8) is 0 Å². The highest BCUT2D eigenvalue weighted by atomic mass is 16.3. The highest BCUT2D eigenvalue weighted by molar-refractivity contribution is 5.84. The molecule has 0 atom stereocenters. The van der Waals surface area contributed by atoms with Gasteiger partial charge in [0, 0.05) is 35.8 Å². The Morgan fingerprint density at radius 2 is 2.00 bits per heavy atom. The van der Waals surface area contributed by atoms with Gasteiger partial charge in [0.2, 0.25) is 0 Å². The number of carbonyl (C=O) groups is 1. The average Bonchev–Trinajstić information content (AvgIpc) is 2.91. The molecule has 1 fully saturated rings. The van der Waals surface area contributed by atoms with E-state index in [2.05, 4.69) is 34.7 Å². The second kappa shape index (κ2) is 7.71. The molecule has 2 amide bonds. The van der Waals surface area contributed by atoms with Gasteiger partial charge in [-0.1, -0.05) is 18.2 Å². The van der Waals surface area contributed by atoms with Crippen molar-refractivity contribution in [3.8, 4) is 0 Å². The molecule has 0 aliphatic heterocycles. The van der Waals surface area contributed by atoms with E-state index < -0.39 is 0 Å². The van der Waals surface area contributed by atoms with Crippen LogP contribution >= 0.6 is 0 Å². The van der Waals surface area contributed by atoms with Gasteiger partial charge in [-0.2, -0.15) is 0 Å². The molecular weight excluding hydrogens is 302 g/mol. The third-order valence-corrected chi connectivity index (χ3v) is 5.13. The van der Waals surface area contributed by atoms with E-state index in [0.717, 1.165) is 37.6 Å². The van der Waals surface area contributed by atoms with Gasteiger partial charge in [-0.15, -0.1) is 0 Å². The fourth-order valence-electron chi connectivity index (χ4n) is 3.68. The smallest absolute Gasteiger partial charge is 0.315 e. The minimum Gasteiger partial charge on any atom is -0.396 e. The van der Waals surface area contributed by atoms with Crippen molar-refractivity contribution in [2.24, 2.45) is 5.92 Å². The van der Waals surface area contributed by atoms with Crippen LogP contribution in [0.1, 0.15) is 36.9 Å². The van der Waals surface area contributed by atoms with E-state index in [1.54, 1.807) is 0 Å². The maximum absolute atomic E-state index is 12.1. The highest BCUT2D eigenvalue weighted by Crippen LogP contribution is 2.24. The second-order valence-corrected chi connectivity index (χ2v) is 6.82. The number of aliphatic hydroxyl groups is 1. The lowest BCUT2D eigenvalue weighted by Crippen LogP contribution is -2.44. The number of aryl methyl sites for hydroxylation is 1. The number of hydrogen-bond donors (Lipinski definition) is 4. The van der Waals surface area contributed by atoms with E-state index in [9.17, 15) is 4.79 Å². The standard InChI is InChI=1S/C19H27N3O2/c1-13-16(17-4-2-3-5-18(17)21-13)10-11-20-19(24)22-15-8-6-14(12-23)7-9-15/h2-5,14-15,21,23H,6-12H2,1H3,(H2,20,22,24). The van der Waals surface area contributed by atoms with E-state index in [-0.39, 0.29) is 18.7 Å². The van der Waals surface area contributed by atoms with Gasteiger partial charge in [-0.05, 0) is 56.6 Å². The molecule has 2 aromatic rings. The number of aromatic nitrogens is 1. The van der Waals surface area contributed by atoms with Gasteiger partial charge in [-0.25, -0.2) is 4.79 Å². The number of carbonyl (C=O) groups excluding carboxylic acids is 1. The van der Waals surface area contributed by atoms with Gasteiger partial charge in [0.05, 0.1) is 0 Å². The van der Waals surface area contributed by atoms with Crippen molar-refractivity contribution in [1.82, 2.24) is 15.6 Å². The summed E-state index contributed by atoms with van der Waals surface area (Å²) < 4.78 is 0. The van der Waals surface area contributed by atoms with Crippen LogP contribution in [0.2, 0.25) is 0 Å². The molecule has 0 saturated heterocycles. The summed E-state index contributed by atoms with van der Waals surface area (Å²) >= 11 is 0. The van der Waals surface area contributed by atoms with Crippen LogP contribution in [-0.2, 0) is 6.42 Å². The van der Waals surface area contributed by atoms with Crippen molar-refractivity contribution >= 4 is 16.9 Å². The predicted molar refractivity (Wildman–Crippen MR) is 96.1 cm³/mol. The van der Waals surface area contributed by atoms with Crippen LogP contribution in [0.3, 0.4) is 0 Å². The maximum atomic E-state index is 12.1. The molecule has 1 saturated carbocycles. The molecule has 0 unspecified atom stereocenters. The van der Waals surface area contributed by atoms with Crippen molar-refractivity contribution in [3.05, 3.63) is 35.5 Å². The number of aromatic amines is 1. The Morgan fingerprint density at radius 1 is 1.25 bits per heavy atom. The molecule has 3 rings (SSSR count). The summed E-state index contributed by atoms with van der Waals surface area (Å²) in [6.45, 7) is 2.97. The summed E-state index contributed by atoms with van der Waals surface area (Å²) in [4.78, 5) is 15.5. The van der Waals surface area contributed by atoms with Crippen LogP contribution in [0.25, 0.3) is 10.9 Å². The number of H-pyrrole nitrogens is 1. The molecule has 130 valence electrons. The summed E-state index contributed by atoms with van der Waals surface area (Å²) in [5, 5.41) is 16.4. The van der Waals surface area contributed by atoms with Gasteiger partial charge in [-0.3, -0.25) is 0 Å². The molecule has 5 nitrogen and oxygen atoms in total. The first-order valence-electron chi connectivity index (χ1n) is 8.88. The lowest BCUT2D eigenvalue weighted by Gasteiger charge is -2.27. The van der Waals surface area contributed by atoms with Crippen LogP contribution in [0.15, 0.2) is 24.3 Å². The monoisotopic (exact) mass is 329 g/mol. The van der Waals surface area contributed by atoms with E-state index in [1.165, 1.54) is 16.6 Å². The third-order valence-electron chi connectivity index (χ3n) is 5.13. The molecule has 1 aliphatic rings. The van der Waals surface area contributed by atoms with E-state index in [4.69, 9.17) is 5.11 Å². The Labute approximate surface area is 142 Å². The number of fused-ring (bicyclic) bond motifs is 1. The van der Waals surface area contributed by atoms with Crippen LogP contribution in [0, 0.1) is 12.8 Å². The van der Waals surface area contributed by atoms with Gasteiger partial charge in [0.1, 0.15) is 0 Å². The lowest BCUT2D eigenvalue weighted by atomic mass is 9.87. The molecule has 0 spiro atoms. The summed E-state index contributed by atoms with van der Waals surface area (Å²) in [5.74, 6) is 0.413. The summed E-state index contributed by atoms with van der Waals surface area (Å²) in [6, 6.07) is 8.42. The zero-order chi connectivity index (χ0) is 16.9. The Balaban J connectivity index is 1.46. The van der Waals surface area contributed by atoms with E-state index >= 15 is 0 Å². The minimum atomic E-state index is -0.0834. The molecule has 1 heterocycles. The SMILES string of the molecule is Cc1[nH]c2ccccc2c1CCNC(=O)NC1CCC(CO)CC1. The number of benzene rings is 1. The Kier molecular flexibility index (Phi) is 5.41. The minimum absolute atomic E-state index is 0.0834. The summed E-state index contributed by atoms with van der Waals surface area (Å²) in [7, 11) is 0. The Bertz CT molecular complexity index is 687. The Morgan fingerprint density at radius 3 is 2.75 bits per heavy atom. The van der Waals surface area contributed by atoms with Crippen molar-refractivity contribution < 1.29 is 9.90 Å². The number of hydrogen-bond acceptors (Lipinski definition) is 2. The van der Waals surface area contributed by atoms with Crippen LogP contribution < -0.4 is 10.6 Å². The van der Waals surface area contributed by atoms with Gasteiger partial charge in [0.15, 0.2) is 0 Å². The first-order valence-corrected chi connectivity index (χ1v) is 8.88. The van der Waals surface area contributed by atoms with Crippen molar-refractivity contribution in [2.75, 3.05) is 13.2 Å². The molecule has 24 heavy (non-hydrogen) atoms. The first-order chi connectivity index (χ1) is 11.7. The Hall–Kier alpha value is -2.01. The normalized spacial score (nSPS) is 20.9. The number of amides is 2. The first kappa shape index (κ1) is 16.8. The van der Waals surface area contributed by atoms with Crippen LogP contribution in [0.5, 0.6) is 0 Å². The molecule has 5 heteroatoms. The number of aliphatic hydroxyl groups excluding tert-OH is 1. The number of urea groups is 1. The predicted octanol–water partition coefficient (Wildman–Crippen LogP) is 2.87. The molecule has 4 N–H and O–H groups in total. The summed E-state index contributed by atoms with van der Waals surface area (Å²) in [6.07, 6.45) is 4.73. The van der Waals surface area contributed by atoms with Gasteiger partial charge >= 0.3 is 6.03 Å². The van der Waals surface area contributed by atoms with Gasteiger partial charge < -0.3 is 20.7 Å². The average molecular weight is 329 g/mol. The van der Waals surface area contributed by atoms with E-state index in [1.807, 2.05) is 12.1 Å². The maximum Gasteiger partial charge on any atom is 0.315 e. The molecule has 0 radical (unpaired) electrons. The largest absolute Gasteiger partial charge is 0.396 e. The van der Waals surface area contributed by atoms with Crippen LogP contribution in [0.4, 0.5) is 4.79 Å². The van der Waals surface area contributed by atoms with Crippen LogP contribution in [-0.4, -0.2) is 35.3 Å². The number of para-hydroxylation sites is 1. The zero-order valence-electron chi connectivity index (χ0n) is 14.3. The molecular formula is C19H27N3O2. The second-order valence-electron chi connectivity index (χ2n) is 6.82. The van der Waals surface area contributed by atoms with E-state index in [0.29, 0.717) is 12.5 Å². The lowest BCUT2D eigenvalue weighted by molar-refractivity contribution is 0.174. The zero-order valence-corrected chi connectivity index (χ0v) is 14.3. The fraction of sp³-hybridized carbons (Fsp3) is 0.526. The fourth-order valence-corrected chi connectivity index (χ4v) is 3.68. The topological polar surface area (TPSA) is 77.2 Å². The van der Waals surface area contributed by atoms with Crippen molar-refractivity contribution in [1.29, 1.82) is 0 Å². The van der Waals surface area contributed by atoms with Gasteiger partial charge in [0.25, 0.3) is 0 Å².